The number of nitrogens with two attached hydrogens (primary N) is 1. The van der Waals surface area contributed by atoms with Crippen LogP contribution in [0.3, 0.4) is 0 Å². The lowest BCUT2D eigenvalue weighted by molar-refractivity contribution is -0.110. The molecule has 1 aromatic rings. The van der Waals surface area contributed by atoms with Gasteiger partial charge in [0.25, 0.3) is 5.91 Å². The van der Waals surface area contributed by atoms with Crippen molar-refractivity contribution in [2.24, 2.45) is 11.3 Å². The number of aldehydes is 1. The molecule has 4 N–H and O–H groups in total. The van der Waals surface area contributed by atoms with Crippen LogP contribution in [0.1, 0.15) is 70.3 Å². The molecular formula is C27H45N5O4. The summed E-state index contributed by atoms with van der Waals surface area (Å²) in [7, 11) is 0. The molecule has 1 aromatic heterocycles. The zero-order valence-electron chi connectivity index (χ0n) is 22.4. The maximum atomic E-state index is 12.0. The number of aromatic nitrogens is 2. The van der Waals surface area contributed by atoms with E-state index in [2.05, 4.69) is 61.0 Å². The average Bonchev–Trinajstić information content (AvgIpc) is 3.31. The largest absolute Gasteiger partial charge is 0.489 e. The van der Waals surface area contributed by atoms with Gasteiger partial charge in [0.15, 0.2) is 6.29 Å². The first-order valence-electron chi connectivity index (χ1n) is 12.7. The number of ether oxygens (including phenoxy) is 2. The third-order valence-corrected chi connectivity index (χ3v) is 6.43. The molecular weight excluding hydrogens is 458 g/mol. The van der Waals surface area contributed by atoms with Crippen molar-refractivity contribution in [1.82, 2.24) is 20.4 Å². The minimum Gasteiger partial charge on any atom is -0.489 e. The van der Waals surface area contributed by atoms with Crippen LogP contribution >= 0.6 is 0 Å². The van der Waals surface area contributed by atoms with E-state index in [4.69, 9.17) is 15.2 Å². The molecule has 0 atom stereocenters. The van der Waals surface area contributed by atoms with Crippen molar-refractivity contribution < 1.29 is 19.1 Å². The number of rotatable bonds is 8. The minimum absolute atomic E-state index is 0.144. The first kappa shape index (κ1) is 31.2. The minimum atomic E-state index is -0.144. The molecule has 1 saturated carbocycles. The van der Waals surface area contributed by atoms with E-state index in [0.29, 0.717) is 16.8 Å². The number of amides is 1. The Morgan fingerprint density at radius 3 is 2.42 bits per heavy atom. The van der Waals surface area contributed by atoms with E-state index in [1.54, 1.807) is 0 Å². The van der Waals surface area contributed by atoms with E-state index < -0.39 is 0 Å². The molecule has 36 heavy (non-hydrogen) atoms. The summed E-state index contributed by atoms with van der Waals surface area (Å²) in [6.45, 7) is 13.3. The molecule has 1 aliphatic heterocycles. The van der Waals surface area contributed by atoms with Gasteiger partial charge >= 0.3 is 0 Å². The van der Waals surface area contributed by atoms with Gasteiger partial charge in [0.1, 0.15) is 18.1 Å². The second-order valence-electron chi connectivity index (χ2n) is 10.0. The predicted molar refractivity (Wildman–Crippen MR) is 143 cm³/mol. The van der Waals surface area contributed by atoms with E-state index >= 15 is 0 Å². The molecule has 1 saturated heterocycles. The highest BCUT2D eigenvalue weighted by Gasteiger charge is 2.30. The van der Waals surface area contributed by atoms with Gasteiger partial charge in [0.2, 0.25) is 0 Å². The summed E-state index contributed by atoms with van der Waals surface area (Å²) < 4.78 is 10.6. The Morgan fingerprint density at radius 1 is 1.28 bits per heavy atom. The summed E-state index contributed by atoms with van der Waals surface area (Å²) in [5.74, 6) is 1.50. The highest BCUT2D eigenvalue weighted by molar-refractivity contribution is 5.97. The molecule has 3 rings (SSSR count). The summed E-state index contributed by atoms with van der Waals surface area (Å²) >= 11 is 0. The highest BCUT2D eigenvalue weighted by Crippen LogP contribution is 2.37. The van der Waals surface area contributed by atoms with Crippen molar-refractivity contribution in [2.75, 3.05) is 45.2 Å². The average molecular weight is 504 g/mol. The lowest BCUT2D eigenvalue weighted by Gasteiger charge is -2.37. The van der Waals surface area contributed by atoms with Gasteiger partial charge in [0.05, 0.1) is 31.6 Å². The monoisotopic (exact) mass is 503 g/mol. The van der Waals surface area contributed by atoms with Crippen LogP contribution in [-0.4, -0.2) is 72.8 Å². The molecule has 2 aliphatic rings. The normalized spacial score (nSPS) is 20.7. The Labute approximate surface area is 216 Å². The van der Waals surface area contributed by atoms with E-state index in [1.807, 2.05) is 6.08 Å². The summed E-state index contributed by atoms with van der Waals surface area (Å²) in [5.41, 5.74) is 6.81. The number of nitrogen functional groups attached to an aromatic ring is 1. The van der Waals surface area contributed by atoms with Gasteiger partial charge in [-0.3, -0.25) is 19.6 Å². The number of terminal acetylenes is 1. The Morgan fingerprint density at radius 2 is 1.92 bits per heavy atom. The smallest absolute Gasteiger partial charge is 0.271 e. The zero-order chi connectivity index (χ0) is 27.0. The van der Waals surface area contributed by atoms with Crippen molar-refractivity contribution in [3.05, 3.63) is 23.7 Å². The number of nitrogens with one attached hydrogen (secondary N) is 2. The van der Waals surface area contributed by atoms with E-state index in [1.165, 1.54) is 19.0 Å². The third-order valence-electron chi connectivity index (χ3n) is 6.43. The molecule has 0 unspecified atom stereocenters. The first-order chi connectivity index (χ1) is 17.2. The molecule has 202 valence electrons. The molecule has 1 aliphatic carbocycles. The van der Waals surface area contributed by atoms with Gasteiger partial charge in [-0.05, 0) is 49.5 Å². The zero-order valence-corrected chi connectivity index (χ0v) is 22.4. The number of H-pyrrole nitrogens is 1. The van der Waals surface area contributed by atoms with Crippen molar-refractivity contribution in [2.45, 2.75) is 65.8 Å². The number of morpholine rings is 1. The summed E-state index contributed by atoms with van der Waals surface area (Å²) in [6, 6.07) is 0.258. The maximum Gasteiger partial charge on any atom is 0.271 e. The van der Waals surface area contributed by atoms with Crippen LogP contribution in [0.5, 0.6) is 0 Å². The van der Waals surface area contributed by atoms with Crippen LogP contribution in [0, 0.1) is 24.2 Å². The number of hydrogen-bond donors (Lipinski definition) is 3. The lowest BCUT2D eigenvalue weighted by atomic mass is 9.71. The molecule has 0 spiro atoms. The van der Waals surface area contributed by atoms with Crippen molar-refractivity contribution >= 4 is 17.9 Å². The van der Waals surface area contributed by atoms with E-state index in [9.17, 15) is 9.59 Å². The Hall–Kier alpha value is -2.83. The number of nitrogens with zero attached hydrogens (tertiary/aromatic N) is 2. The SMILES string of the molecule is C#C.CC(C)(C)C1CCC(NC(=O)c2[nH]ncc2N)CC1.CC/C=C(/CN1CCOCC1)OCC=O. The summed E-state index contributed by atoms with van der Waals surface area (Å²) in [6.07, 6.45) is 17.6. The summed E-state index contributed by atoms with van der Waals surface area (Å²) in [4.78, 5) is 24.5. The second kappa shape index (κ2) is 16.8. The first-order valence-corrected chi connectivity index (χ1v) is 12.7. The van der Waals surface area contributed by atoms with E-state index in [-0.39, 0.29) is 18.6 Å². The van der Waals surface area contributed by atoms with E-state index in [0.717, 1.165) is 70.1 Å². The van der Waals surface area contributed by atoms with Crippen LogP contribution in [0.4, 0.5) is 5.69 Å². The second-order valence-corrected chi connectivity index (χ2v) is 10.0. The number of hydrogen-bond acceptors (Lipinski definition) is 7. The van der Waals surface area contributed by atoms with Crippen molar-refractivity contribution in [1.29, 1.82) is 0 Å². The van der Waals surface area contributed by atoms with Gasteiger partial charge in [0, 0.05) is 19.1 Å². The van der Waals surface area contributed by atoms with Crippen molar-refractivity contribution in [3.63, 3.8) is 0 Å². The number of anilines is 1. The molecule has 0 aromatic carbocycles. The van der Waals surface area contributed by atoms with Gasteiger partial charge in [-0.2, -0.15) is 5.10 Å². The molecule has 2 fully saturated rings. The quantitative estimate of drug-likeness (QED) is 0.282. The van der Waals surface area contributed by atoms with Gasteiger partial charge < -0.3 is 20.5 Å². The molecule has 9 heteroatoms. The van der Waals surface area contributed by atoms with Crippen LogP contribution in [-0.2, 0) is 14.3 Å². The Bertz CT molecular complexity index is 814. The van der Waals surface area contributed by atoms with Crippen molar-refractivity contribution in [3.8, 4) is 12.8 Å². The molecule has 2 heterocycles. The fourth-order valence-corrected chi connectivity index (χ4v) is 4.36. The van der Waals surface area contributed by atoms with Gasteiger partial charge in [-0.25, -0.2) is 0 Å². The van der Waals surface area contributed by atoms with Crippen LogP contribution in [0.15, 0.2) is 18.0 Å². The fraction of sp³-hybridized carbons (Fsp3) is 0.667. The number of carbonyl (C=O) groups excluding carboxylic acids is 2. The fourth-order valence-electron chi connectivity index (χ4n) is 4.36. The van der Waals surface area contributed by atoms with Crippen LogP contribution in [0.25, 0.3) is 0 Å². The van der Waals surface area contributed by atoms with Gasteiger partial charge in [-0.1, -0.05) is 27.7 Å². The number of allylic oxidation sites excluding steroid dienone is 1. The third kappa shape index (κ3) is 11.3. The Balaban J connectivity index is 0.000000346. The van der Waals surface area contributed by atoms with Crippen LogP contribution < -0.4 is 11.1 Å². The highest BCUT2D eigenvalue weighted by atomic mass is 16.5. The van der Waals surface area contributed by atoms with Crippen LogP contribution in [0.2, 0.25) is 0 Å². The predicted octanol–water partition coefficient (Wildman–Crippen LogP) is 3.40. The van der Waals surface area contributed by atoms with Gasteiger partial charge in [-0.15, -0.1) is 12.8 Å². The number of aromatic amines is 1. The standard InChI is InChI=1S/C14H24N4O.C11H19NO3.C2H2/c1-14(2,3)9-4-6-10(7-5-9)17-13(19)12-11(15)8-16-18-12;1-2-3-11(15-9-6-13)10-12-4-7-14-8-5-12;1-2/h8-10H,4-7,15H2,1-3H3,(H,16,18)(H,17,19);3,6H,2,4-5,7-10H2,1H3;1-2H/b;11-3-;. The number of carbonyl (C=O) groups is 2. The topological polar surface area (TPSA) is 123 Å². The molecule has 0 radical (unpaired) electrons. The lowest BCUT2D eigenvalue weighted by Crippen LogP contribution is -2.39. The molecule has 9 nitrogen and oxygen atoms in total. The summed E-state index contributed by atoms with van der Waals surface area (Å²) in [5, 5.41) is 9.45. The maximum absolute atomic E-state index is 12.0. The Kier molecular flexibility index (Phi) is 14.5. The molecule has 1 amide bonds. The molecule has 0 bridgehead atoms.